The standard InChI is InChI=1S/C11H26N2/c1-10(2,3)12(7)9-13(8)11(4,5)6/h9H2,1-8H3/p+1. The lowest BCUT2D eigenvalue weighted by molar-refractivity contribution is -0.938. The Morgan fingerprint density at radius 3 is 1.62 bits per heavy atom. The molecule has 0 saturated carbocycles. The molecule has 0 aliphatic rings. The number of rotatable bonds is 2. The molecule has 2 nitrogen and oxygen atoms in total. The molecule has 1 N–H and O–H groups in total. The Kier molecular flexibility index (Phi) is 3.95. The van der Waals surface area contributed by atoms with Crippen molar-refractivity contribution in [1.29, 1.82) is 0 Å². The number of nitrogens with one attached hydrogen (secondary N) is 1. The Bertz CT molecular complexity index is 132. The fourth-order valence-electron chi connectivity index (χ4n) is 0.830. The summed E-state index contributed by atoms with van der Waals surface area (Å²) in [5.74, 6) is 0. The molecule has 0 aromatic rings. The summed E-state index contributed by atoms with van der Waals surface area (Å²) in [6.07, 6.45) is 0. The Morgan fingerprint density at radius 2 is 1.38 bits per heavy atom. The van der Waals surface area contributed by atoms with Gasteiger partial charge in [-0.1, -0.05) is 0 Å². The third-order valence-corrected chi connectivity index (χ3v) is 2.90. The minimum atomic E-state index is 0.270. The lowest BCUT2D eigenvalue weighted by atomic mass is 10.1. The summed E-state index contributed by atoms with van der Waals surface area (Å²) >= 11 is 0. The van der Waals surface area contributed by atoms with Crippen molar-refractivity contribution in [3.05, 3.63) is 0 Å². The van der Waals surface area contributed by atoms with E-state index in [0.717, 1.165) is 6.67 Å². The smallest absolute Gasteiger partial charge is 0.133 e. The summed E-state index contributed by atoms with van der Waals surface area (Å²) in [6, 6.07) is 0. The zero-order valence-electron chi connectivity index (χ0n) is 10.7. The molecule has 0 aliphatic carbocycles. The monoisotopic (exact) mass is 187 g/mol. The highest BCUT2D eigenvalue weighted by atomic mass is 15.3. The summed E-state index contributed by atoms with van der Waals surface area (Å²) in [5, 5.41) is 0. The van der Waals surface area contributed by atoms with Crippen LogP contribution in [0.15, 0.2) is 0 Å². The van der Waals surface area contributed by atoms with Gasteiger partial charge in [-0.05, 0) is 48.6 Å². The van der Waals surface area contributed by atoms with E-state index in [-0.39, 0.29) is 5.54 Å². The Balaban J connectivity index is 4.15. The molecule has 1 unspecified atom stereocenters. The quantitative estimate of drug-likeness (QED) is 0.634. The van der Waals surface area contributed by atoms with Gasteiger partial charge < -0.3 is 4.90 Å². The van der Waals surface area contributed by atoms with Crippen molar-refractivity contribution in [2.75, 3.05) is 20.8 Å². The first kappa shape index (κ1) is 12.9. The summed E-state index contributed by atoms with van der Waals surface area (Å²) in [6.45, 7) is 14.7. The van der Waals surface area contributed by atoms with E-state index in [1.54, 1.807) is 4.90 Å². The zero-order valence-corrected chi connectivity index (χ0v) is 10.7. The molecule has 0 heterocycles. The molecule has 0 rings (SSSR count). The van der Waals surface area contributed by atoms with Crippen LogP contribution in [0.25, 0.3) is 0 Å². The molecule has 0 radical (unpaired) electrons. The minimum absolute atomic E-state index is 0.270. The summed E-state index contributed by atoms with van der Waals surface area (Å²) < 4.78 is 0. The third-order valence-electron chi connectivity index (χ3n) is 2.90. The average Bonchev–Trinajstić information content (AvgIpc) is 1.82. The Labute approximate surface area is 83.9 Å². The molecule has 0 amide bonds. The summed E-state index contributed by atoms with van der Waals surface area (Å²) in [4.78, 5) is 3.94. The molecule has 0 aliphatic heterocycles. The summed E-state index contributed by atoms with van der Waals surface area (Å²) in [7, 11) is 4.44. The van der Waals surface area contributed by atoms with Crippen LogP contribution in [0.4, 0.5) is 0 Å². The molecule has 0 aromatic carbocycles. The van der Waals surface area contributed by atoms with Crippen LogP contribution in [-0.2, 0) is 0 Å². The van der Waals surface area contributed by atoms with E-state index in [2.05, 4.69) is 60.5 Å². The highest BCUT2D eigenvalue weighted by Gasteiger charge is 2.26. The van der Waals surface area contributed by atoms with Gasteiger partial charge in [0, 0.05) is 5.54 Å². The minimum Gasteiger partial charge on any atom is -0.321 e. The van der Waals surface area contributed by atoms with E-state index < -0.39 is 0 Å². The van der Waals surface area contributed by atoms with E-state index in [1.807, 2.05) is 0 Å². The number of quaternary nitrogens is 1. The van der Waals surface area contributed by atoms with Gasteiger partial charge in [0.05, 0.1) is 12.6 Å². The molecule has 13 heavy (non-hydrogen) atoms. The zero-order chi connectivity index (χ0) is 10.9. The highest BCUT2D eigenvalue weighted by molar-refractivity contribution is 4.70. The van der Waals surface area contributed by atoms with Crippen molar-refractivity contribution in [2.45, 2.75) is 52.6 Å². The molecule has 1 atom stereocenters. The van der Waals surface area contributed by atoms with Gasteiger partial charge in [-0.15, -0.1) is 0 Å². The van der Waals surface area contributed by atoms with Crippen molar-refractivity contribution in [3.63, 3.8) is 0 Å². The van der Waals surface area contributed by atoms with Crippen molar-refractivity contribution in [3.8, 4) is 0 Å². The predicted molar refractivity (Wildman–Crippen MR) is 59.0 cm³/mol. The van der Waals surface area contributed by atoms with Crippen LogP contribution in [0, 0.1) is 0 Å². The second kappa shape index (κ2) is 3.97. The topological polar surface area (TPSA) is 7.68 Å². The predicted octanol–water partition coefficient (Wildman–Crippen LogP) is 0.987. The molecule has 2 heteroatoms. The average molecular weight is 187 g/mol. The first-order valence-corrected chi connectivity index (χ1v) is 5.09. The van der Waals surface area contributed by atoms with Crippen LogP contribution in [0.3, 0.4) is 0 Å². The number of hydrogen-bond donors (Lipinski definition) is 1. The number of nitrogens with zero attached hydrogens (tertiary/aromatic N) is 1. The van der Waals surface area contributed by atoms with Crippen LogP contribution >= 0.6 is 0 Å². The molecule has 0 aromatic heterocycles. The van der Waals surface area contributed by atoms with Gasteiger partial charge in [0.15, 0.2) is 0 Å². The largest absolute Gasteiger partial charge is 0.321 e. The maximum atomic E-state index is 2.40. The molecule has 0 spiro atoms. The van der Waals surface area contributed by atoms with Gasteiger partial charge in [0.2, 0.25) is 0 Å². The number of hydrogen-bond acceptors (Lipinski definition) is 1. The molecular weight excluding hydrogens is 160 g/mol. The van der Waals surface area contributed by atoms with Gasteiger partial charge in [0.1, 0.15) is 6.67 Å². The summed E-state index contributed by atoms with van der Waals surface area (Å²) in [5.41, 5.74) is 0.603. The highest BCUT2D eigenvalue weighted by Crippen LogP contribution is 2.07. The Hall–Kier alpha value is -0.0800. The van der Waals surface area contributed by atoms with Gasteiger partial charge >= 0.3 is 0 Å². The second-order valence-electron chi connectivity index (χ2n) is 6.06. The maximum absolute atomic E-state index is 2.40. The van der Waals surface area contributed by atoms with Crippen LogP contribution < -0.4 is 4.90 Å². The SMILES string of the molecule is CN(C[NH+](C)C(C)(C)C)C(C)(C)C. The van der Waals surface area contributed by atoms with Crippen LogP contribution in [0.2, 0.25) is 0 Å². The molecule has 0 bridgehead atoms. The van der Waals surface area contributed by atoms with E-state index >= 15 is 0 Å². The Morgan fingerprint density at radius 1 is 1.00 bits per heavy atom. The van der Waals surface area contributed by atoms with Gasteiger partial charge in [0.25, 0.3) is 0 Å². The van der Waals surface area contributed by atoms with E-state index in [4.69, 9.17) is 0 Å². The van der Waals surface area contributed by atoms with Crippen molar-refractivity contribution in [2.24, 2.45) is 0 Å². The van der Waals surface area contributed by atoms with E-state index in [9.17, 15) is 0 Å². The van der Waals surface area contributed by atoms with Crippen molar-refractivity contribution < 1.29 is 4.90 Å². The fraction of sp³-hybridized carbons (Fsp3) is 1.00. The van der Waals surface area contributed by atoms with E-state index in [0.29, 0.717) is 5.54 Å². The molecule has 0 saturated heterocycles. The van der Waals surface area contributed by atoms with Gasteiger partial charge in [-0.25, -0.2) is 0 Å². The third kappa shape index (κ3) is 4.63. The van der Waals surface area contributed by atoms with Crippen molar-refractivity contribution >= 4 is 0 Å². The lowest BCUT2D eigenvalue weighted by Crippen LogP contribution is -3.17. The first-order valence-electron chi connectivity index (χ1n) is 5.09. The van der Waals surface area contributed by atoms with Crippen LogP contribution in [0.1, 0.15) is 41.5 Å². The van der Waals surface area contributed by atoms with E-state index in [1.165, 1.54) is 0 Å². The normalized spacial score (nSPS) is 16.4. The molecular formula is C11H27N2+. The van der Waals surface area contributed by atoms with Crippen molar-refractivity contribution in [1.82, 2.24) is 4.90 Å². The van der Waals surface area contributed by atoms with Crippen LogP contribution in [0.5, 0.6) is 0 Å². The van der Waals surface area contributed by atoms with Gasteiger partial charge in [-0.3, -0.25) is 4.90 Å². The maximum Gasteiger partial charge on any atom is 0.133 e. The van der Waals surface area contributed by atoms with Gasteiger partial charge in [-0.2, -0.15) is 0 Å². The lowest BCUT2D eigenvalue weighted by Gasteiger charge is -2.37. The second-order valence-corrected chi connectivity index (χ2v) is 6.06. The first-order chi connectivity index (χ1) is 5.55. The molecule has 80 valence electrons. The molecule has 0 fully saturated rings. The van der Waals surface area contributed by atoms with Crippen LogP contribution in [-0.4, -0.2) is 36.7 Å². The fourth-order valence-corrected chi connectivity index (χ4v) is 0.830.